The zero-order valence-electron chi connectivity index (χ0n) is 11.0. The third-order valence-electron chi connectivity index (χ3n) is 3.32. The van der Waals surface area contributed by atoms with E-state index in [0.29, 0.717) is 28.5 Å². The molecule has 4 nitrogen and oxygen atoms in total. The summed E-state index contributed by atoms with van der Waals surface area (Å²) in [5.74, 6) is -0.930. The Hall–Kier alpha value is -0.590. The summed E-state index contributed by atoms with van der Waals surface area (Å²) in [6, 6.07) is 5.33. The number of aromatic nitrogens is 2. The van der Waals surface area contributed by atoms with E-state index in [1.165, 1.54) is 0 Å². The van der Waals surface area contributed by atoms with Gasteiger partial charge in [0.2, 0.25) is 5.79 Å². The molecule has 3 rings (SSSR count). The minimum absolute atomic E-state index is 0.0275. The molecule has 0 amide bonds. The van der Waals surface area contributed by atoms with E-state index in [0.717, 1.165) is 5.56 Å². The van der Waals surface area contributed by atoms with Gasteiger partial charge >= 0.3 is 0 Å². The molecule has 21 heavy (non-hydrogen) atoms. The van der Waals surface area contributed by atoms with Crippen LogP contribution >= 0.6 is 39.1 Å². The maximum Gasteiger partial charge on any atom is 0.215 e. The van der Waals surface area contributed by atoms with Crippen LogP contribution in [-0.4, -0.2) is 27.6 Å². The van der Waals surface area contributed by atoms with Gasteiger partial charge in [0.25, 0.3) is 0 Å². The molecule has 1 fully saturated rings. The van der Waals surface area contributed by atoms with Crippen molar-refractivity contribution < 1.29 is 9.47 Å². The summed E-state index contributed by atoms with van der Waals surface area (Å²) in [7, 11) is 0. The molecule has 2 atom stereocenters. The van der Waals surface area contributed by atoms with E-state index in [1.807, 2.05) is 16.8 Å². The van der Waals surface area contributed by atoms with Gasteiger partial charge in [0.1, 0.15) is 0 Å². The van der Waals surface area contributed by atoms with Crippen molar-refractivity contribution in [2.24, 2.45) is 0 Å². The van der Waals surface area contributed by atoms with Gasteiger partial charge in [0.15, 0.2) is 0 Å². The van der Waals surface area contributed by atoms with Crippen molar-refractivity contribution in [1.82, 2.24) is 9.55 Å². The molecule has 0 unspecified atom stereocenters. The van der Waals surface area contributed by atoms with Gasteiger partial charge in [0.05, 0.1) is 30.6 Å². The van der Waals surface area contributed by atoms with E-state index in [-0.39, 0.29) is 6.10 Å². The van der Waals surface area contributed by atoms with Gasteiger partial charge in [-0.05, 0) is 12.1 Å². The van der Waals surface area contributed by atoms with Gasteiger partial charge in [-0.15, -0.1) is 0 Å². The van der Waals surface area contributed by atoms with Gasteiger partial charge in [-0.25, -0.2) is 4.98 Å². The van der Waals surface area contributed by atoms with Crippen LogP contribution in [0.3, 0.4) is 0 Å². The maximum absolute atomic E-state index is 6.35. The minimum Gasteiger partial charge on any atom is -0.342 e. The monoisotopic (exact) mass is 390 g/mol. The fourth-order valence-corrected chi connectivity index (χ4v) is 3.24. The molecule has 1 aromatic carbocycles. The van der Waals surface area contributed by atoms with E-state index in [9.17, 15) is 0 Å². The van der Waals surface area contributed by atoms with E-state index in [1.54, 1.807) is 24.7 Å². The molecule has 1 aliphatic heterocycles. The van der Waals surface area contributed by atoms with Crippen LogP contribution < -0.4 is 0 Å². The van der Waals surface area contributed by atoms with Crippen molar-refractivity contribution in [3.63, 3.8) is 0 Å². The molecular weight excluding hydrogens is 379 g/mol. The average molecular weight is 392 g/mol. The van der Waals surface area contributed by atoms with Crippen LogP contribution in [0.5, 0.6) is 0 Å². The Labute approximate surface area is 141 Å². The first-order chi connectivity index (χ1) is 10.1. The third kappa shape index (κ3) is 3.12. The molecule has 112 valence electrons. The summed E-state index contributed by atoms with van der Waals surface area (Å²) in [5.41, 5.74) is 0.769. The minimum atomic E-state index is -0.930. The van der Waals surface area contributed by atoms with Crippen molar-refractivity contribution in [2.45, 2.75) is 18.4 Å². The second-order valence-corrected chi connectivity index (χ2v) is 6.31. The lowest BCUT2D eigenvalue weighted by Gasteiger charge is -2.29. The lowest BCUT2D eigenvalue weighted by atomic mass is 10.1. The summed E-state index contributed by atoms with van der Waals surface area (Å²) in [5, 5.41) is 1.80. The summed E-state index contributed by atoms with van der Waals surface area (Å²) in [6.45, 7) is 0.969. The van der Waals surface area contributed by atoms with Crippen LogP contribution in [-0.2, 0) is 21.8 Å². The molecule has 0 bridgehead atoms. The van der Waals surface area contributed by atoms with Crippen LogP contribution in [0, 0.1) is 0 Å². The fourth-order valence-electron chi connectivity index (χ4n) is 2.37. The Kier molecular flexibility index (Phi) is 4.57. The molecule has 1 aliphatic rings. The van der Waals surface area contributed by atoms with Crippen LogP contribution in [0.1, 0.15) is 5.56 Å². The molecule has 0 saturated carbocycles. The van der Waals surface area contributed by atoms with Gasteiger partial charge in [-0.3, -0.25) is 0 Å². The van der Waals surface area contributed by atoms with Crippen molar-refractivity contribution in [2.75, 3.05) is 11.9 Å². The van der Waals surface area contributed by atoms with Crippen molar-refractivity contribution in [3.8, 4) is 0 Å². The highest BCUT2D eigenvalue weighted by Crippen LogP contribution is 2.40. The highest BCUT2D eigenvalue weighted by molar-refractivity contribution is 9.09. The first-order valence-electron chi connectivity index (χ1n) is 6.42. The summed E-state index contributed by atoms with van der Waals surface area (Å²) in [6.07, 6.45) is 5.27. The molecule has 2 heterocycles. The summed E-state index contributed by atoms with van der Waals surface area (Å²) in [4.78, 5) is 4.05. The summed E-state index contributed by atoms with van der Waals surface area (Å²) >= 11 is 15.8. The number of nitrogens with zero attached hydrogens (tertiary/aromatic N) is 2. The largest absolute Gasteiger partial charge is 0.342 e. The number of halogens is 3. The quantitative estimate of drug-likeness (QED) is 0.742. The second-order valence-electron chi connectivity index (χ2n) is 4.82. The van der Waals surface area contributed by atoms with Crippen molar-refractivity contribution in [3.05, 3.63) is 52.5 Å². The van der Waals surface area contributed by atoms with E-state index in [2.05, 4.69) is 20.9 Å². The molecule has 0 N–H and O–H groups in total. The van der Waals surface area contributed by atoms with E-state index in [4.69, 9.17) is 32.7 Å². The number of benzene rings is 1. The molecule has 2 aromatic rings. The van der Waals surface area contributed by atoms with Crippen molar-refractivity contribution in [1.29, 1.82) is 0 Å². The highest BCUT2D eigenvalue weighted by Gasteiger charge is 2.44. The topological polar surface area (TPSA) is 36.3 Å². The lowest BCUT2D eigenvalue weighted by molar-refractivity contribution is -0.184. The number of hydrogen-bond acceptors (Lipinski definition) is 3. The molecule has 7 heteroatoms. The lowest BCUT2D eigenvalue weighted by Crippen LogP contribution is -2.33. The molecule has 1 aromatic heterocycles. The van der Waals surface area contributed by atoms with Gasteiger partial charge in [-0.1, -0.05) is 45.2 Å². The highest BCUT2D eigenvalue weighted by atomic mass is 79.9. The number of ether oxygens (including phenoxy) is 2. The predicted octanol–water partition coefficient (Wildman–Crippen LogP) is 3.85. The molecule has 0 spiro atoms. The standard InChI is InChI=1S/C14H13BrCl2N2O2/c15-6-11-7-20-14(21-11,8-19-4-3-18-9-19)12-2-1-10(16)5-13(12)17/h1-5,9,11H,6-8H2/t11-,14-/m1/s1. The van der Waals surface area contributed by atoms with Gasteiger partial charge in [0, 0.05) is 28.3 Å². The number of hydrogen-bond donors (Lipinski definition) is 0. The molecular formula is C14H13BrCl2N2O2. The van der Waals surface area contributed by atoms with Crippen LogP contribution in [0.4, 0.5) is 0 Å². The Morgan fingerprint density at radius 3 is 2.90 bits per heavy atom. The Morgan fingerprint density at radius 1 is 1.43 bits per heavy atom. The van der Waals surface area contributed by atoms with Crippen molar-refractivity contribution >= 4 is 39.1 Å². The van der Waals surface area contributed by atoms with Crippen LogP contribution in [0.2, 0.25) is 10.0 Å². The summed E-state index contributed by atoms with van der Waals surface area (Å²) < 4.78 is 14.0. The number of imidazole rings is 1. The number of alkyl halides is 1. The van der Waals surface area contributed by atoms with Crippen LogP contribution in [0.25, 0.3) is 0 Å². The third-order valence-corrected chi connectivity index (χ3v) is 4.59. The Balaban J connectivity index is 1.99. The van der Waals surface area contributed by atoms with Crippen LogP contribution in [0.15, 0.2) is 36.9 Å². The molecule has 0 aliphatic carbocycles. The van der Waals surface area contributed by atoms with E-state index >= 15 is 0 Å². The van der Waals surface area contributed by atoms with E-state index < -0.39 is 5.79 Å². The first kappa shape index (κ1) is 15.3. The fraction of sp³-hybridized carbons (Fsp3) is 0.357. The first-order valence-corrected chi connectivity index (χ1v) is 8.30. The average Bonchev–Trinajstić information content (AvgIpc) is 3.09. The Morgan fingerprint density at radius 2 is 2.29 bits per heavy atom. The second kappa shape index (κ2) is 6.26. The zero-order chi connectivity index (χ0) is 14.9. The molecule has 1 saturated heterocycles. The van der Waals surface area contributed by atoms with Gasteiger partial charge < -0.3 is 14.0 Å². The number of rotatable bonds is 4. The normalized spacial score (nSPS) is 25.4. The smallest absolute Gasteiger partial charge is 0.215 e. The predicted molar refractivity (Wildman–Crippen MR) is 85.0 cm³/mol. The maximum atomic E-state index is 6.35. The van der Waals surface area contributed by atoms with Gasteiger partial charge in [-0.2, -0.15) is 0 Å². The molecule has 0 radical (unpaired) electrons. The SMILES string of the molecule is Clc1ccc([C@]2(Cn3ccnc3)OC[C@@H](CBr)O2)c(Cl)c1. The Bertz CT molecular complexity index is 623. The zero-order valence-corrected chi connectivity index (χ0v) is 14.1.